The van der Waals surface area contributed by atoms with Gasteiger partial charge >= 0.3 is 11.9 Å². The minimum atomic E-state index is -1.36. The molecule has 7 heteroatoms. The van der Waals surface area contributed by atoms with Gasteiger partial charge in [-0.1, -0.05) is 48.5 Å². The Morgan fingerprint density at radius 1 is 0.556 bits per heavy atom. The van der Waals surface area contributed by atoms with Crippen molar-refractivity contribution in [2.24, 2.45) is 0 Å². The van der Waals surface area contributed by atoms with Gasteiger partial charge in [-0.15, -0.1) is 0 Å². The molecular formula is C29H32O7. The fourth-order valence-electron chi connectivity index (χ4n) is 4.49. The standard InChI is InChI=1S/C29H32O7/c1-30-27-18-25(28(31-2,32-3)33-4)17-23-12-11-20(15-26(23)27)19-36-29(34-5,35-6)24-14-13-21-9-7-8-10-22(21)16-24/h7-18H,19H2,1-6H3. The third kappa shape index (κ3) is 4.69. The Labute approximate surface area is 211 Å². The maximum absolute atomic E-state index is 6.26. The molecule has 4 rings (SSSR count). The highest BCUT2D eigenvalue weighted by Crippen LogP contribution is 2.36. The molecule has 7 nitrogen and oxygen atoms in total. The van der Waals surface area contributed by atoms with Gasteiger partial charge in [0, 0.05) is 52.1 Å². The fourth-order valence-corrected chi connectivity index (χ4v) is 4.49. The van der Waals surface area contributed by atoms with Crippen molar-refractivity contribution in [2.75, 3.05) is 42.7 Å². The first-order chi connectivity index (χ1) is 17.5. The number of hydrogen-bond donors (Lipinski definition) is 0. The summed E-state index contributed by atoms with van der Waals surface area (Å²) >= 11 is 0. The molecule has 0 bridgehead atoms. The Kier molecular flexibility index (Phi) is 7.90. The molecule has 0 aliphatic rings. The second-order valence-electron chi connectivity index (χ2n) is 8.22. The van der Waals surface area contributed by atoms with Gasteiger partial charge in [-0.25, -0.2) is 0 Å². The van der Waals surface area contributed by atoms with Gasteiger partial charge in [-0.2, -0.15) is 0 Å². The number of hydrogen-bond acceptors (Lipinski definition) is 7. The lowest BCUT2D eigenvalue weighted by atomic mass is 10.0. The zero-order valence-electron chi connectivity index (χ0n) is 21.5. The molecule has 0 N–H and O–H groups in total. The topological polar surface area (TPSA) is 64.6 Å². The Morgan fingerprint density at radius 2 is 1.17 bits per heavy atom. The SMILES string of the molecule is COc1cc(C(OC)(OC)OC)cc2ccc(COC(OC)(OC)c3ccc4ccccc4c3)cc12. The van der Waals surface area contributed by atoms with Crippen LogP contribution in [0.3, 0.4) is 0 Å². The molecule has 0 fully saturated rings. The number of rotatable bonds is 11. The monoisotopic (exact) mass is 492 g/mol. The highest BCUT2D eigenvalue weighted by atomic mass is 16.9. The van der Waals surface area contributed by atoms with Gasteiger partial charge in [0.25, 0.3) is 0 Å². The van der Waals surface area contributed by atoms with Crippen LogP contribution < -0.4 is 4.74 Å². The molecule has 0 saturated heterocycles. The van der Waals surface area contributed by atoms with Crippen molar-refractivity contribution >= 4 is 21.5 Å². The number of methoxy groups -OCH3 is 6. The lowest BCUT2D eigenvalue weighted by Gasteiger charge is -2.31. The Bertz CT molecular complexity index is 1320. The fraction of sp³-hybridized carbons (Fsp3) is 0.310. The zero-order chi connectivity index (χ0) is 25.8. The molecule has 0 aliphatic carbocycles. The van der Waals surface area contributed by atoms with Crippen LogP contribution in [0.4, 0.5) is 0 Å². The quantitative estimate of drug-likeness (QED) is 0.250. The van der Waals surface area contributed by atoms with Crippen LogP contribution in [0.15, 0.2) is 72.8 Å². The van der Waals surface area contributed by atoms with Gasteiger partial charge < -0.3 is 33.2 Å². The van der Waals surface area contributed by atoms with E-state index in [1.165, 1.54) is 21.3 Å². The largest absolute Gasteiger partial charge is 0.496 e. The molecule has 0 aromatic heterocycles. The maximum Gasteiger partial charge on any atom is 0.311 e. The summed E-state index contributed by atoms with van der Waals surface area (Å²) in [5.41, 5.74) is 2.37. The van der Waals surface area contributed by atoms with Crippen LogP contribution >= 0.6 is 0 Å². The molecule has 0 radical (unpaired) electrons. The molecule has 36 heavy (non-hydrogen) atoms. The van der Waals surface area contributed by atoms with E-state index in [4.69, 9.17) is 33.2 Å². The lowest BCUT2D eigenvalue weighted by molar-refractivity contribution is -0.379. The van der Waals surface area contributed by atoms with Crippen LogP contribution in [0.25, 0.3) is 21.5 Å². The summed E-state index contributed by atoms with van der Waals surface area (Å²) in [5, 5.41) is 4.04. The van der Waals surface area contributed by atoms with E-state index >= 15 is 0 Å². The average Bonchev–Trinajstić information content (AvgIpc) is 2.94. The summed E-state index contributed by atoms with van der Waals surface area (Å²) in [7, 11) is 9.33. The van der Waals surface area contributed by atoms with Gasteiger partial charge in [0.05, 0.1) is 13.7 Å². The molecular weight excluding hydrogens is 460 g/mol. The van der Waals surface area contributed by atoms with Crippen molar-refractivity contribution in [3.8, 4) is 5.75 Å². The van der Waals surface area contributed by atoms with E-state index in [2.05, 4.69) is 6.07 Å². The Hall–Kier alpha value is -3.04. The van der Waals surface area contributed by atoms with E-state index in [0.29, 0.717) is 11.3 Å². The minimum absolute atomic E-state index is 0.244. The van der Waals surface area contributed by atoms with Crippen molar-refractivity contribution in [1.29, 1.82) is 0 Å². The average molecular weight is 493 g/mol. The second-order valence-corrected chi connectivity index (χ2v) is 8.22. The predicted molar refractivity (Wildman–Crippen MR) is 138 cm³/mol. The molecule has 4 aromatic carbocycles. The van der Waals surface area contributed by atoms with Crippen molar-refractivity contribution < 1.29 is 33.2 Å². The van der Waals surface area contributed by atoms with Crippen LogP contribution in [-0.4, -0.2) is 42.7 Å². The summed E-state index contributed by atoms with van der Waals surface area (Å²) in [6, 6.07) is 23.9. The van der Waals surface area contributed by atoms with E-state index in [0.717, 1.165) is 32.7 Å². The number of fused-ring (bicyclic) bond motifs is 2. The van der Waals surface area contributed by atoms with E-state index in [1.807, 2.05) is 66.7 Å². The highest BCUT2D eigenvalue weighted by molar-refractivity contribution is 5.90. The smallest absolute Gasteiger partial charge is 0.311 e. The number of ether oxygens (including phenoxy) is 7. The van der Waals surface area contributed by atoms with Crippen molar-refractivity contribution in [2.45, 2.75) is 18.6 Å². The molecule has 0 unspecified atom stereocenters. The molecule has 4 aromatic rings. The van der Waals surface area contributed by atoms with Crippen LogP contribution in [0.2, 0.25) is 0 Å². The first-order valence-electron chi connectivity index (χ1n) is 11.5. The first kappa shape index (κ1) is 26.0. The highest BCUT2D eigenvalue weighted by Gasteiger charge is 2.35. The van der Waals surface area contributed by atoms with Crippen molar-refractivity contribution in [3.05, 3.63) is 89.5 Å². The van der Waals surface area contributed by atoms with Crippen molar-refractivity contribution in [3.63, 3.8) is 0 Å². The van der Waals surface area contributed by atoms with Crippen LogP contribution in [-0.2, 0) is 47.0 Å². The summed E-state index contributed by atoms with van der Waals surface area (Å²) in [6.45, 7) is 0.244. The lowest BCUT2D eigenvalue weighted by Crippen LogP contribution is -2.34. The first-order valence-corrected chi connectivity index (χ1v) is 11.5. The number of benzene rings is 4. The van der Waals surface area contributed by atoms with Gasteiger partial charge in [0.2, 0.25) is 0 Å². The predicted octanol–water partition coefficient (Wildman–Crippen LogP) is 5.67. The molecule has 0 spiro atoms. The van der Waals surface area contributed by atoms with Gasteiger partial charge in [-0.05, 0) is 46.0 Å². The summed E-state index contributed by atoms with van der Waals surface area (Å²) in [6.07, 6.45) is 0. The zero-order valence-corrected chi connectivity index (χ0v) is 21.5. The van der Waals surface area contributed by atoms with Crippen LogP contribution in [0.5, 0.6) is 5.75 Å². The van der Waals surface area contributed by atoms with Gasteiger partial charge in [-0.3, -0.25) is 0 Å². The third-order valence-corrected chi connectivity index (χ3v) is 6.43. The molecule has 0 aliphatic heterocycles. The summed E-state index contributed by atoms with van der Waals surface area (Å²) < 4.78 is 40.0. The molecule has 0 atom stereocenters. The third-order valence-electron chi connectivity index (χ3n) is 6.43. The Morgan fingerprint density at radius 3 is 1.81 bits per heavy atom. The van der Waals surface area contributed by atoms with Crippen molar-refractivity contribution in [1.82, 2.24) is 0 Å². The van der Waals surface area contributed by atoms with Gasteiger partial charge in [0.15, 0.2) is 0 Å². The van der Waals surface area contributed by atoms with E-state index < -0.39 is 11.9 Å². The summed E-state index contributed by atoms with van der Waals surface area (Å²) in [5.74, 6) is -2.04. The maximum atomic E-state index is 6.26. The van der Waals surface area contributed by atoms with Crippen LogP contribution in [0.1, 0.15) is 16.7 Å². The summed E-state index contributed by atoms with van der Waals surface area (Å²) in [4.78, 5) is 0. The van der Waals surface area contributed by atoms with Crippen LogP contribution in [0, 0.1) is 0 Å². The van der Waals surface area contributed by atoms with E-state index in [1.54, 1.807) is 21.3 Å². The van der Waals surface area contributed by atoms with E-state index in [9.17, 15) is 0 Å². The Balaban J connectivity index is 1.66. The molecule has 0 heterocycles. The molecule has 0 saturated carbocycles. The minimum Gasteiger partial charge on any atom is -0.496 e. The van der Waals surface area contributed by atoms with E-state index in [-0.39, 0.29) is 6.61 Å². The second kappa shape index (κ2) is 10.9. The molecule has 0 amide bonds. The molecule has 190 valence electrons. The van der Waals surface area contributed by atoms with Gasteiger partial charge in [0.1, 0.15) is 5.75 Å². The normalized spacial score (nSPS) is 12.4.